The summed E-state index contributed by atoms with van der Waals surface area (Å²) in [5, 5.41) is 0.00998. The molecule has 1 aliphatic rings. The maximum absolute atomic E-state index is 12.5. The Morgan fingerprint density at radius 1 is 1.18 bits per heavy atom. The van der Waals surface area contributed by atoms with Gasteiger partial charge in [-0.15, -0.1) is 0 Å². The molecule has 0 heterocycles. The fraction of sp³-hybridized carbons (Fsp3) is 0.579. The third-order valence-electron chi connectivity index (χ3n) is 4.93. The van der Waals surface area contributed by atoms with Crippen molar-refractivity contribution in [1.29, 1.82) is 0 Å². The molecule has 1 fully saturated rings. The fourth-order valence-corrected chi connectivity index (χ4v) is 4.74. The lowest BCUT2D eigenvalue weighted by molar-refractivity contribution is -0.137. The van der Waals surface area contributed by atoms with Crippen LogP contribution in [0.25, 0.3) is 0 Å². The molecule has 0 unspecified atom stereocenters. The molecule has 1 aliphatic carbocycles. The molecule has 28 heavy (non-hydrogen) atoms. The van der Waals surface area contributed by atoms with Crippen molar-refractivity contribution in [1.82, 2.24) is 9.21 Å². The number of carbonyl (C=O) groups excluding carboxylic acids is 2. The number of rotatable bonds is 7. The topological polar surface area (TPSA) is 84.0 Å². The van der Waals surface area contributed by atoms with Gasteiger partial charge in [-0.1, -0.05) is 30.9 Å². The lowest BCUT2D eigenvalue weighted by Gasteiger charge is -2.33. The van der Waals surface area contributed by atoms with Crippen LogP contribution in [-0.4, -0.2) is 62.8 Å². The number of halogens is 1. The molecule has 2 rings (SSSR count). The number of hydrogen-bond acceptors (Lipinski definition) is 5. The minimum absolute atomic E-state index is 0.00998. The molecule has 0 bridgehead atoms. The van der Waals surface area contributed by atoms with Crippen molar-refractivity contribution >= 4 is 33.5 Å². The zero-order valence-electron chi connectivity index (χ0n) is 16.5. The Kier molecular flexibility index (Phi) is 7.86. The molecule has 0 aliphatic heterocycles. The van der Waals surface area contributed by atoms with Crippen molar-refractivity contribution in [3.05, 3.63) is 28.8 Å². The molecule has 0 aromatic heterocycles. The highest BCUT2D eigenvalue weighted by Gasteiger charge is 2.26. The van der Waals surface area contributed by atoms with Crippen LogP contribution in [0.3, 0.4) is 0 Å². The van der Waals surface area contributed by atoms with E-state index in [1.165, 1.54) is 38.7 Å². The number of nitrogens with zero attached hydrogens (tertiary/aromatic N) is 2. The molecule has 0 radical (unpaired) electrons. The number of amides is 1. The van der Waals surface area contributed by atoms with Crippen LogP contribution in [0.2, 0.25) is 5.02 Å². The van der Waals surface area contributed by atoms with Crippen LogP contribution >= 0.6 is 11.6 Å². The predicted octanol–water partition coefficient (Wildman–Crippen LogP) is 2.93. The Labute approximate surface area is 171 Å². The van der Waals surface area contributed by atoms with Crippen LogP contribution in [0.15, 0.2) is 23.1 Å². The van der Waals surface area contributed by atoms with Gasteiger partial charge >= 0.3 is 5.97 Å². The first-order valence-corrected chi connectivity index (χ1v) is 11.2. The summed E-state index contributed by atoms with van der Waals surface area (Å²) < 4.78 is 30.8. The number of carbonyl (C=O) groups is 2. The van der Waals surface area contributed by atoms with Gasteiger partial charge in [-0.3, -0.25) is 4.79 Å². The maximum atomic E-state index is 12.5. The average Bonchev–Trinajstić information content (AvgIpc) is 2.67. The molecule has 1 aromatic carbocycles. The standard InChI is InChI=1S/C19H27ClN2O5S/c1-4-22(15-8-6-5-7-9-15)18(23)13-27-19(24)14-10-11-16(20)17(12-14)28(25,26)21(2)3/h10-12,15H,4-9,13H2,1-3H3. The minimum atomic E-state index is -3.81. The van der Waals surface area contributed by atoms with Gasteiger partial charge in [-0.05, 0) is 38.0 Å². The summed E-state index contributed by atoms with van der Waals surface area (Å²) in [4.78, 5) is 26.4. The first-order chi connectivity index (χ1) is 13.2. The van der Waals surface area contributed by atoms with Gasteiger partial charge in [0.15, 0.2) is 6.61 Å². The summed E-state index contributed by atoms with van der Waals surface area (Å²) in [6, 6.07) is 4.07. The number of hydrogen-bond donors (Lipinski definition) is 0. The summed E-state index contributed by atoms with van der Waals surface area (Å²) in [5.74, 6) is -1.00. The minimum Gasteiger partial charge on any atom is -0.452 e. The van der Waals surface area contributed by atoms with Gasteiger partial charge in [-0.2, -0.15) is 0 Å². The normalized spacial score (nSPS) is 15.5. The van der Waals surface area contributed by atoms with E-state index in [9.17, 15) is 18.0 Å². The van der Waals surface area contributed by atoms with Crippen molar-refractivity contribution in [2.45, 2.75) is 50.0 Å². The zero-order valence-corrected chi connectivity index (χ0v) is 18.1. The molecular formula is C19H27ClN2O5S. The van der Waals surface area contributed by atoms with Crippen molar-refractivity contribution < 1.29 is 22.7 Å². The lowest BCUT2D eigenvalue weighted by Crippen LogP contribution is -2.43. The molecule has 1 saturated carbocycles. The van der Waals surface area contributed by atoms with Crippen LogP contribution in [0, 0.1) is 0 Å². The van der Waals surface area contributed by atoms with Crippen LogP contribution in [0.5, 0.6) is 0 Å². The van der Waals surface area contributed by atoms with E-state index in [2.05, 4.69) is 0 Å². The van der Waals surface area contributed by atoms with Gasteiger partial charge in [-0.25, -0.2) is 17.5 Å². The van der Waals surface area contributed by atoms with Crippen LogP contribution in [0.1, 0.15) is 49.4 Å². The number of ether oxygens (including phenoxy) is 1. The molecule has 156 valence electrons. The monoisotopic (exact) mass is 430 g/mol. The Hall–Kier alpha value is -1.64. The largest absolute Gasteiger partial charge is 0.452 e. The molecule has 9 heteroatoms. The quantitative estimate of drug-likeness (QED) is 0.621. The fourth-order valence-electron chi connectivity index (χ4n) is 3.35. The van der Waals surface area contributed by atoms with E-state index in [-0.39, 0.29) is 34.0 Å². The zero-order chi connectivity index (χ0) is 20.9. The molecule has 0 spiro atoms. The predicted molar refractivity (Wildman–Crippen MR) is 107 cm³/mol. The van der Waals surface area contributed by atoms with E-state index in [0.717, 1.165) is 30.0 Å². The lowest BCUT2D eigenvalue weighted by atomic mass is 9.94. The Morgan fingerprint density at radius 2 is 1.82 bits per heavy atom. The summed E-state index contributed by atoms with van der Waals surface area (Å²) in [7, 11) is -1.06. The van der Waals surface area contributed by atoms with Gasteiger partial charge in [0.05, 0.1) is 10.6 Å². The molecule has 0 N–H and O–H groups in total. The van der Waals surface area contributed by atoms with E-state index in [0.29, 0.717) is 6.54 Å². The number of esters is 1. The first-order valence-electron chi connectivity index (χ1n) is 9.37. The van der Waals surface area contributed by atoms with Crippen LogP contribution in [-0.2, 0) is 19.6 Å². The maximum Gasteiger partial charge on any atom is 0.338 e. The highest BCUT2D eigenvalue weighted by molar-refractivity contribution is 7.89. The summed E-state index contributed by atoms with van der Waals surface area (Å²) in [5.41, 5.74) is 0.0262. The second kappa shape index (κ2) is 9.71. The van der Waals surface area contributed by atoms with E-state index < -0.39 is 16.0 Å². The number of likely N-dealkylation sites (N-methyl/N-ethyl adjacent to an activating group) is 1. The first kappa shape index (κ1) is 22.6. The van der Waals surface area contributed by atoms with Gasteiger partial charge in [0, 0.05) is 26.7 Å². The van der Waals surface area contributed by atoms with Crippen LogP contribution in [0.4, 0.5) is 0 Å². The van der Waals surface area contributed by atoms with Gasteiger partial charge in [0.1, 0.15) is 4.90 Å². The van der Waals surface area contributed by atoms with Crippen molar-refractivity contribution in [2.24, 2.45) is 0 Å². The third-order valence-corrected chi connectivity index (χ3v) is 7.23. The van der Waals surface area contributed by atoms with Gasteiger partial charge in [0.25, 0.3) is 5.91 Å². The molecule has 0 saturated heterocycles. The molecule has 1 aromatic rings. The van der Waals surface area contributed by atoms with E-state index in [1.54, 1.807) is 4.90 Å². The molecular weight excluding hydrogens is 404 g/mol. The smallest absolute Gasteiger partial charge is 0.338 e. The van der Waals surface area contributed by atoms with Gasteiger partial charge in [0.2, 0.25) is 10.0 Å². The highest BCUT2D eigenvalue weighted by Crippen LogP contribution is 2.25. The van der Waals surface area contributed by atoms with E-state index in [4.69, 9.17) is 16.3 Å². The Balaban J connectivity index is 2.07. The third kappa shape index (κ3) is 5.24. The molecule has 1 amide bonds. The molecule has 7 nitrogen and oxygen atoms in total. The highest BCUT2D eigenvalue weighted by atomic mass is 35.5. The summed E-state index contributed by atoms with van der Waals surface area (Å²) in [6.07, 6.45) is 5.32. The molecule has 0 atom stereocenters. The Bertz CT molecular complexity index is 820. The van der Waals surface area contributed by atoms with Crippen molar-refractivity contribution in [2.75, 3.05) is 27.2 Å². The summed E-state index contributed by atoms with van der Waals surface area (Å²) >= 11 is 5.98. The number of sulfonamides is 1. The van der Waals surface area contributed by atoms with E-state index in [1.807, 2.05) is 6.92 Å². The summed E-state index contributed by atoms with van der Waals surface area (Å²) in [6.45, 7) is 2.10. The van der Waals surface area contributed by atoms with Crippen LogP contribution < -0.4 is 0 Å². The Morgan fingerprint density at radius 3 is 2.39 bits per heavy atom. The van der Waals surface area contributed by atoms with Gasteiger partial charge < -0.3 is 9.64 Å². The SMILES string of the molecule is CCN(C(=O)COC(=O)c1ccc(Cl)c(S(=O)(=O)N(C)C)c1)C1CCCCC1. The second-order valence-corrected chi connectivity index (χ2v) is 9.51. The second-order valence-electron chi connectivity index (χ2n) is 6.98. The average molecular weight is 431 g/mol. The van der Waals surface area contributed by atoms with Crippen molar-refractivity contribution in [3.8, 4) is 0 Å². The number of benzene rings is 1. The van der Waals surface area contributed by atoms with Crippen molar-refractivity contribution in [3.63, 3.8) is 0 Å². The van der Waals surface area contributed by atoms with E-state index >= 15 is 0 Å².